The minimum atomic E-state index is -1.86. The van der Waals surface area contributed by atoms with Crippen LogP contribution in [-0.4, -0.2) is 14.9 Å². The van der Waals surface area contributed by atoms with E-state index in [4.69, 9.17) is 0 Å². The van der Waals surface area contributed by atoms with Crippen molar-refractivity contribution >= 4 is 10.9 Å². The maximum atomic E-state index is 15.0. The summed E-state index contributed by atoms with van der Waals surface area (Å²) < 4.78 is 43.2. The Hall–Kier alpha value is -3.12. The monoisotopic (exact) mass is 382 g/mol. The molecule has 1 aromatic heterocycles. The first-order valence-corrected chi connectivity index (χ1v) is 8.72. The van der Waals surface area contributed by atoms with Gasteiger partial charge in [0.05, 0.1) is 17.4 Å². The molecule has 0 radical (unpaired) electrons. The Bertz CT molecular complexity index is 1140. The summed E-state index contributed by atoms with van der Waals surface area (Å²) in [5, 5.41) is 15.8. The third kappa shape index (κ3) is 3.16. The Morgan fingerprint density at radius 2 is 1.71 bits per heavy atom. The number of rotatable bonds is 4. The van der Waals surface area contributed by atoms with E-state index in [1.54, 1.807) is 41.2 Å². The molecular weight excluding hydrogens is 365 g/mol. The Labute approximate surface area is 159 Å². The fraction of sp³-hybridized carbons (Fsp3) is 0.136. The van der Waals surface area contributed by atoms with Crippen molar-refractivity contribution in [2.75, 3.05) is 0 Å². The van der Waals surface area contributed by atoms with Crippen LogP contribution in [0, 0.1) is 11.6 Å². The number of alkyl halides is 1. The van der Waals surface area contributed by atoms with Crippen molar-refractivity contribution < 1.29 is 18.3 Å². The van der Waals surface area contributed by atoms with Crippen molar-refractivity contribution in [2.24, 2.45) is 0 Å². The zero-order chi connectivity index (χ0) is 19.9. The smallest absolute Gasteiger partial charge is 0.158 e. The lowest BCUT2D eigenvalue weighted by atomic mass is 9.86. The highest BCUT2D eigenvalue weighted by Crippen LogP contribution is 2.39. The van der Waals surface area contributed by atoms with Crippen LogP contribution in [-0.2, 0) is 5.60 Å². The van der Waals surface area contributed by atoms with Crippen molar-refractivity contribution in [3.63, 3.8) is 0 Å². The molecule has 0 bridgehead atoms. The van der Waals surface area contributed by atoms with E-state index in [1.807, 2.05) is 0 Å². The van der Waals surface area contributed by atoms with Gasteiger partial charge in [-0.05, 0) is 66.6 Å². The summed E-state index contributed by atoms with van der Waals surface area (Å²) >= 11 is 0. The molecule has 4 aromatic rings. The average molecular weight is 382 g/mol. The molecule has 28 heavy (non-hydrogen) atoms. The first kappa shape index (κ1) is 18.3. The second-order valence-corrected chi connectivity index (χ2v) is 6.87. The number of aliphatic hydroxyl groups is 1. The van der Waals surface area contributed by atoms with Gasteiger partial charge in [0.15, 0.2) is 6.17 Å². The predicted octanol–water partition coefficient (Wildman–Crippen LogP) is 5.22. The van der Waals surface area contributed by atoms with Gasteiger partial charge >= 0.3 is 0 Å². The molecule has 0 aliphatic heterocycles. The lowest BCUT2D eigenvalue weighted by molar-refractivity contribution is -0.0260. The third-order valence-electron chi connectivity index (χ3n) is 4.86. The molecule has 2 atom stereocenters. The Balaban J connectivity index is 1.72. The summed E-state index contributed by atoms with van der Waals surface area (Å²) in [4.78, 5) is 0. The zero-order valence-corrected chi connectivity index (χ0v) is 15.0. The second-order valence-electron chi connectivity index (χ2n) is 6.87. The lowest BCUT2D eigenvalue weighted by Crippen LogP contribution is -2.27. The van der Waals surface area contributed by atoms with E-state index in [9.17, 15) is 13.9 Å². The molecule has 0 saturated heterocycles. The largest absolute Gasteiger partial charge is 0.382 e. The van der Waals surface area contributed by atoms with Crippen LogP contribution in [0.15, 0.2) is 72.9 Å². The molecule has 6 heteroatoms. The van der Waals surface area contributed by atoms with Crippen molar-refractivity contribution in [1.29, 1.82) is 0 Å². The standard InChI is InChI=1S/C22H17F3N2O/c1-22(28,21(25)14-3-2-4-18(24)12-14)16-5-10-20-15(11-16)13-26-27(20)19-8-6-17(23)7-9-19/h2-13,21,28H,1H3. The number of benzene rings is 3. The normalized spacial score (nSPS) is 14.8. The summed E-state index contributed by atoms with van der Waals surface area (Å²) in [5.41, 5.74) is -0.0474. The minimum Gasteiger partial charge on any atom is -0.382 e. The molecule has 2 unspecified atom stereocenters. The van der Waals surface area contributed by atoms with Gasteiger partial charge in [-0.15, -0.1) is 0 Å². The number of hydrogen-bond acceptors (Lipinski definition) is 2. The minimum absolute atomic E-state index is 0.0621. The number of halogens is 3. The number of hydrogen-bond donors (Lipinski definition) is 1. The van der Waals surface area contributed by atoms with Crippen LogP contribution in [0.2, 0.25) is 0 Å². The Morgan fingerprint density at radius 3 is 2.43 bits per heavy atom. The van der Waals surface area contributed by atoms with Crippen LogP contribution in [0.25, 0.3) is 16.6 Å². The van der Waals surface area contributed by atoms with Crippen molar-refractivity contribution in [2.45, 2.75) is 18.7 Å². The van der Waals surface area contributed by atoms with Gasteiger partial charge in [-0.2, -0.15) is 5.10 Å². The van der Waals surface area contributed by atoms with Crippen molar-refractivity contribution in [1.82, 2.24) is 9.78 Å². The van der Waals surface area contributed by atoms with Gasteiger partial charge in [-0.1, -0.05) is 18.2 Å². The van der Waals surface area contributed by atoms with E-state index in [2.05, 4.69) is 5.10 Å². The maximum absolute atomic E-state index is 15.0. The molecule has 0 spiro atoms. The maximum Gasteiger partial charge on any atom is 0.158 e. The van der Waals surface area contributed by atoms with Crippen molar-refractivity contribution in [3.8, 4) is 5.69 Å². The van der Waals surface area contributed by atoms with Gasteiger partial charge in [-0.25, -0.2) is 17.9 Å². The summed E-state index contributed by atoms with van der Waals surface area (Å²) in [5.74, 6) is -0.906. The SMILES string of the molecule is CC(O)(c1ccc2c(cnn2-c2ccc(F)cc2)c1)C(F)c1cccc(F)c1. The average Bonchev–Trinajstić information content (AvgIpc) is 3.11. The van der Waals surface area contributed by atoms with Gasteiger partial charge in [0.2, 0.25) is 0 Å². The summed E-state index contributed by atoms with van der Waals surface area (Å²) in [6, 6.07) is 16.0. The van der Waals surface area contributed by atoms with Gasteiger partial charge in [-0.3, -0.25) is 0 Å². The first-order chi connectivity index (χ1) is 13.4. The molecule has 3 nitrogen and oxygen atoms in total. The number of fused-ring (bicyclic) bond motifs is 1. The van der Waals surface area contributed by atoms with Crippen LogP contribution in [0.1, 0.15) is 24.2 Å². The van der Waals surface area contributed by atoms with Crippen molar-refractivity contribution in [3.05, 3.63) is 95.7 Å². The van der Waals surface area contributed by atoms with Crippen LogP contribution >= 0.6 is 0 Å². The van der Waals surface area contributed by atoms with Gasteiger partial charge in [0.1, 0.15) is 17.2 Å². The van der Waals surface area contributed by atoms with Gasteiger partial charge < -0.3 is 5.11 Å². The van der Waals surface area contributed by atoms with E-state index in [0.717, 1.165) is 11.6 Å². The quantitative estimate of drug-likeness (QED) is 0.525. The Morgan fingerprint density at radius 1 is 0.964 bits per heavy atom. The molecular formula is C22H17F3N2O. The molecule has 1 heterocycles. The van der Waals surface area contributed by atoms with Crippen LogP contribution in [0.5, 0.6) is 0 Å². The van der Waals surface area contributed by atoms with E-state index >= 15 is 4.39 Å². The zero-order valence-electron chi connectivity index (χ0n) is 15.0. The lowest BCUT2D eigenvalue weighted by Gasteiger charge is -2.28. The summed E-state index contributed by atoms with van der Waals surface area (Å²) in [6.07, 6.45) is -0.221. The molecule has 0 saturated carbocycles. The van der Waals surface area contributed by atoms with E-state index in [-0.39, 0.29) is 11.4 Å². The molecule has 0 fully saturated rings. The van der Waals surface area contributed by atoms with E-state index in [1.165, 1.54) is 37.3 Å². The topological polar surface area (TPSA) is 38.1 Å². The fourth-order valence-corrected chi connectivity index (χ4v) is 3.27. The van der Waals surface area contributed by atoms with Crippen LogP contribution < -0.4 is 0 Å². The summed E-state index contributed by atoms with van der Waals surface area (Å²) in [6.45, 7) is 1.36. The predicted molar refractivity (Wildman–Crippen MR) is 101 cm³/mol. The molecule has 0 aliphatic carbocycles. The van der Waals surface area contributed by atoms with Crippen LogP contribution in [0.3, 0.4) is 0 Å². The van der Waals surface area contributed by atoms with Gasteiger partial charge in [0, 0.05) is 5.39 Å². The first-order valence-electron chi connectivity index (χ1n) is 8.72. The molecule has 0 amide bonds. The molecule has 1 N–H and O–H groups in total. The molecule has 3 aromatic carbocycles. The van der Waals surface area contributed by atoms with Gasteiger partial charge in [0.25, 0.3) is 0 Å². The highest BCUT2D eigenvalue weighted by Gasteiger charge is 2.35. The van der Waals surface area contributed by atoms with Crippen LogP contribution in [0.4, 0.5) is 13.2 Å². The highest BCUT2D eigenvalue weighted by molar-refractivity contribution is 5.81. The fourth-order valence-electron chi connectivity index (χ4n) is 3.27. The highest BCUT2D eigenvalue weighted by atomic mass is 19.1. The van der Waals surface area contributed by atoms with E-state index in [0.29, 0.717) is 16.6 Å². The molecule has 0 aliphatic rings. The molecule has 142 valence electrons. The number of nitrogens with zero attached hydrogens (tertiary/aromatic N) is 2. The third-order valence-corrected chi connectivity index (χ3v) is 4.86. The number of aromatic nitrogens is 2. The Kier molecular flexibility index (Phi) is 4.43. The summed E-state index contributed by atoms with van der Waals surface area (Å²) in [7, 11) is 0. The molecule has 4 rings (SSSR count). The van der Waals surface area contributed by atoms with E-state index < -0.39 is 17.6 Å². The second kappa shape index (κ2) is 6.80.